The molecule has 0 spiro atoms. The summed E-state index contributed by atoms with van der Waals surface area (Å²) in [5, 5.41) is 2.08. The topological polar surface area (TPSA) is 29.1 Å². The molecule has 0 aromatic heterocycles. The van der Waals surface area contributed by atoms with Crippen molar-refractivity contribution in [2.24, 2.45) is 0 Å². The molecule has 80 valence electrons. The molecule has 1 heterocycles. The molecule has 0 saturated heterocycles. The van der Waals surface area contributed by atoms with Gasteiger partial charge >= 0.3 is 6.18 Å². The fraction of sp³-hybridized carbons (Fsp3) is 0.444. The molecule has 1 rings (SSSR count). The summed E-state index contributed by atoms with van der Waals surface area (Å²) in [5.41, 5.74) is 0.0380. The van der Waals surface area contributed by atoms with Crippen LogP contribution in [0, 0.1) is 0 Å². The molecular weight excluding hydrogens is 195 g/mol. The second kappa shape index (κ2) is 5.47. The van der Waals surface area contributed by atoms with Crippen LogP contribution in [0.4, 0.5) is 13.2 Å². The molecular formula is C9H12F3NO. The molecule has 0 bridgehead atoms. The van der Waals surface area contributed by atoms with Gasteiger partial charge in [0, 0.05) is 5.57 Å². The van der Waals surface area contributed by atoms with E-state index < -0.39 is 12.2 Å². The summed E-state index contributed by atoms with van der Waals surface area (Å²) in [7, 11) is 0. The van der Waals surface area contributed by atoms with Crippen LogP contribution in [0.5, 0.6) is 0 Å². The quantitative estimate of drug-likeness (QED) is 0.668. The van der Waals surface area contributed by atoms with Gasteiger partial charge in [0.2, 0.25) is 0 Å². The molecule has 1 unspecified atom stereocenters. The Balaban J connectivity index is 0.000000791. The van der Waals surface area contributed by atoms with Crippen molar-refractivity contribution in [3.63, 3.8) is 0 Å². The van der Waals surface area contributed by atoms with E-state index in [9.17, 15) is 18.0 Å². The molecule has 0 aliphatic carbocycles. The molecule has 2 nitrogen and oxygen atoms in total. The van der Waals surface area contributed by atoms with E-state index in [4.69, 9.17) is 0 Å². The van der Waals surface area contributed by atoms with Gasteiger partial charge in [-0.1, -0.05) is 13.8 Å². The molecule has 1 N–H and O–H groups in total. The van der Waals surface area contributed by atoms with Gasteiger partial charge in [-0.15, -0.1) is 0 Å². The number of halogens is 3. The van der Waals surface area contributed by atoms with Gasteiger partial charge in [0.15, 0.2) is 0 Å². The van der Waals surface area contributed by atoms with Crippen LogP contribution in [0.3, 0.4) is 0 Å². The SMILES string of the molecule is CC.O=CC1=CC(C(F)(F)F)NC=C1. The van der Waals surface area contributed by atoms with E-state index in [0.717, 1.165) is 12.3 Å². The van der Waals surface area contributed by atoms with Gasteiger partial charge in [0.05, 0.1) is 0 Å². The number of alkyl halides is 3. The first-order chi connectivity index (χ1) is 6.54. The molecule has 0 aromatic rings. The zero-order valence-corrected chi connectivity index (χ0v) is 7.93. The Morgan fingerprint density at radius 3 is 2.43 bits per heavy atom. The van der Waals surface area contributed by atoms with Gasteiger partial charge in [-0.3, -0.25) is 4.79 Å². The van der Waals surface area contributed by atoms with Crippen LogP contribution in [0.15, 0.2) is 23.9 Å². The monoisotopic (exact) mass is 207 g/mol. The Hall–Kier alpha value is -1.26. The Labute approximate surface area is 80.5 Å². The Bertz CT molecular complexity index is 243. The van der Waals surface area contributed by atoms with Gasteiger partial charge in [-0.25, -0.2) is 0 Å². The van der Waals surface area contributed by atoms with E-state index in [1.54, 1.807) is 0 Å². The lowest BCUT2D eigenvalue weighted by Crippen LogP contribution is -2.39. The summed E-state index contributed by atoms with van der Waals surface area (Å²) in [6.07, 6.45) is -0.723. The molecule has 0 fully saturated rings. The number of allylic oxidation sites excluding steroid dienone is 2. The maximum atomic E-state index is 12.0. The molecule has 0 saturated carbocycles. The largest absolute Gasteiger partial charge is 0.412 e. The lowest BCUT2D eigenvalue weighted by Gasteiger charge is -2.19. The van der Waals surface area contributed by atoms with Gasteiger partial charge in [0.25, 0.3) is 0 Å². The minimum absolute atomic E-state index is 0.0380. The lowest BCUT2D eigenvalue weighted by atomic mass is 10.1. The smallest absolute Gasteiger partial charge is 0.377 e. The average molecular weight is 207 g/mol. The Morgan fingerprint density at radius 2 is 2.00 bits per heavy atom. The van der Waals surface area contributed by atoms with Crippen molar-refractivity contribution in [1.82, 2.24) is 5.32 Å². The first-order valence-electron chi connectivity index (χ1n) is 4.20. The summed E-state index contributed by atoms with van der Waals surface area (Å²) >= 11 is 0. The predicted octanol–water partition coefficient (Wildman–Crippen LogP) is 2.19. The zero-order valence-electron chi connectivity index (χ0n) is 7.93. The second-order valence-corrected chi connectivity index (χ2v) is 2.30. The number of aldehydes is 1. The Morgan fingerprint density at radius 1 is 1.43 bits per heavy atom. The second-order valence-electron chi connectivity index (χ2n) is 2.30. The normalized spacial score (nSPS) is 20.1. The standard InChI is InChI=1S/C7H6F3NO.C2H6/c8-7(9,10)6-3-5(4-12)1-2-11-6;1-2/h1-4,6,11H;1-2H3. The fourth-order valence-corrected chi connectivity index (χ4v) is 0.812. The van der Waals surface area contributed by atoms with Gasteiger partial charge in [0.1, 0.15) is 12.3 Å². The number of carbonyl (C=O) groups excluding carboxylic acids is 1. The van der Waals surface area contributed by atoms with Crippen LogP contribution in [0.1, 0.15) is 13.8 Å². The molecule has 1 aliphatic heterocycles. The highest BCUT2D eigenvalue weighted by Crippen LogP contribution is 2.23. The highest BCUT2D eigenvalue weighted by Gasteiger charge is 2.38. The fourth-order valence-electron chi connectivity index (χ4n) is 0.812. The summed E-state index contributed by atoms with van der Waals surface area (Å²) in [6, 6.07) is -1.75. The van der Waals surface area contributed by atoms with Crippen molar-refractivity contribution in [2.45, 2.75) is 26.1 Å². The highest BCUT2D eigenvalue weighted by atomic mass is 19.4. The third-order valence-electron chi connectivity index (χ3n) is 1.40. The van der Waals surface area contributed by atoms with Crippen LogP contribution in [0.2, 0.25) is 0 Å². The summed E-state index contributed by atoms with van der Waals surface area (Å²) in [4.78, 5) is 10.1. The maximum Gasteiger partial charge on any atom is 0.412 e. The van der Waals surface area contributed by atoms with E-state index in [1.807, 2.05) is 13.8 Å². The minimum atomic E-state index is -4.35. The third-order valence-corrected chi connectivity index (χ3v) is 1.40. The van der Waals surface area contributed by atoms with Crippen molar-refractivity contribution in [1.29, 1.82) is 0 Å². The average Bonchev–Trinajstić information content (AvgIpc) is 2.20. The third kappa shape index (κ3) is 3.64. The number of rotatable bonds is 1. The summed E-state index contributed by atoms with van der Waals surface area (Å²) in [6.45, 7) is 4.00. The molecule has 0 radical (unpaired) electrons. The molecule has 1 atom stereocenters. The molecule has 5 heteroatoms. The van der Waals surface area contributed by atoms with Crippen LogP contribution < -0.4 is 5.32 Å². The van der Waals surface area contributed by atoms with Crippen LogP contribution in [-0.4, -0.2) is 18.5 Å². The number of carbonyl (C=O) groups is 1. The first-order valence-corrected chi connectivity index (χ1v) is 4.20. The van der Waals surface area contributed by atoms with E-state index in [0.29, 0.717) is 6.29 Å². The van der Waals surface area contributed by atoms with E-state index in [2.05, 4.69) is 5.32 Å². The van der Waals surface area contributed by atoms with Crippen molar-refractivity contribution in [3.8, 4) is 0 Å². The van der Waals surface area contributed by atoms with Gasteiger partial charge in [-0.05, 0) is 18.4 Å². The van der Waals surface area contributed by atoms with Crippen LogP contribution in [-0.2, 0) is 4.79 Å². The van der Waals surface area contributed by atoms with Crippen molar-refractivity contribution < 1.29 is 18.0 Å². The molecule has 0 aromatic carbocycles. The minimum Gasteiger partial charge on any atom is -0.377 e. The van der Waals surface area contributed by atoms with Crippen molar-refractivity contribution in [3.05, 3.63) is 23.9 Å². The number of nitrogens with one attached hydrogen (secondary N) is 1. The van der Waals surface area contributed by atoms with Crippen LogP contribution >= 0.6 is 0 Å². The molecule has 14 heavy (non-hydrogen) atoms. The Kier molecular flexibility index (Phi) is 4.97. The predicted molar refractivity (Wildman–Crippen MR) is 47.6 cm³/mol. The van der Waals surface area contributed by atoms with Crippen molar-refractivity contribution in [2.75, 3.05) is 0 Å². The van der Waals surface area contributed by atoms with Crippen LogP contribution in [0.25, 0.3) is 0 Å². The summed E-state index contributed by atoms with van der Waals surface area (Å²) in [5.74, 6) is 0. The zero-order chi connectivity index (χ0) is 11.2. The number of dihydropyridines is 1. The van der Waals surface area contributed by atoms with E-state index >= 15 is 0 Å². The molecule has 1 aliphatic rings. The lowest BCUT2D eigenvalue weighted by molar-refractivity contribution is -0.142. The van der Waals surface area contributed by atoms with Gasteiger partial charge in [-0.2, -0.15) is 13.2 Å². The van der Waals surface area contributed by atoms with Crippen molar-refractivity contribution >= 4 is 6.29 Å². The van der Waals surface area contributed by atoms with E-state index in [-0.39, 0.29) is 5.57 Å². The highest BCUT2D eigenvalue weighted by molar-refractivity contribution is 5.78. The summed E-state index contributed by atoms with van der Waals surface area (Å²) < 4.78 is 36.0. The maximum absolute atomic E-state index is 12.0. The van der Waals surface area contributed by atoms with Gasteiger partial charge < -0.3 is 5.32 Å². The number of hydrogen-bond donors (Lipinski definition) is 1. The first kappa shape index (κ1) is 12.7. The number of hydrogen-bond acceptors (Lipinski definition) is 2. The van der Waals surface area contributed by atoms with E-state index in [1.165, 1.54) is 6.08 Å². The molecule has 0 amide bonds.